The van der Waals surface area contributed by atoms with Crippen molar-refractivity contribution >= 4 is 11.0 Å². The van der Waals surface area contributed by atoms with Crippen molar-refractivity contribution in [3.8, 4) is 5.75 Å². The van der Waals surface area contributed by atoms with Crippen LogP contribution in [0.2, 0.25) is 0 Å². The summed E-state index contributed by atoms with van der Waals surface area (Å²) >= 11 is 0. The molecular formula is C18H19FN2O3. The molecule has 2 aromatic carbocycles. The van der Waals surface area contributed by atoms with Gasteiger partial charge in [0.1, 0.15) is 18.2 Å². The number of ether oxygens (including phenoxy) is 2. The van der Waals surface area contributed by atoms with Crippen molar-refractivity contribution in [1.82, 2.24) is 9.55 Å². The van der Waals surface area contributed by atoms with Crippen molar-refractivity contribution < 1.29 is 19.0 Å². The van der Waals surface area contributed by atoms with Gasteiger partial charge in [-0.25, -0.2) is 9.37 Å². The fraction of sp³-hybridized carbons (Fsp3) is 0.278. The van der Waals surface area contributed by atoms with Crippen LogP contribution >= 0.6 is 0 Å². The zero-order chi connectivity index (χ0) is 16.8. The lowest BCUT2D eigenvalue weighted by molar-refractivity contribution is 0.0178. The highest BCUT2D eigenvalue weighted by Crippen LogP contribution is 2.12. The SMILES string of the molecule is O[C@H](COCCOc1ccc(F)cc1)Cn1cnc2ccccc21. The van der Waals surface area contributed by atoms with Crippen LogP contribution in [0.1, 0.15) is 0 Å². The lowest BCUT2D eigenvalue weighted by Gasteiger charge is -2.13. The van der Waals surface area contributed by atoms with Crippen LogP contribution in [0.4, 0.5) is 4.39 Å². The Balaban J connectivity index is 1.38. The molecule has 0 aliphatic rings. The Hall–Kier alpha value is -2.44. The van der Waals surface area contributed by atoms with Gasteiger partial charge < -0.3 is 19.1 Å². The van der Waals surface area contributed by atoms with Gasteiger partial charge in [-0.05, 0) is 36.4 Å². The summed E-state index contributed by atoms with van der Waals surface area (Å²) in [5, 5.41) is 10.1. The number of fused-ring (bicyclic) bond motifs is 1. The number of aromatic nitrogens is 2. The molecule has 6 heteroatoms. The van der Waals surface area contributed by atoms with Crippen molar-refractivity contribution in [3.63, 3.8) is 0 Å². The zero-order valence-corrected chi connectivity index (χ0v) is 13.1. The lowest BCUT2D eigenvalue weighted by Crippen LogP contribution is -2.23. The van der Waals surface area contributed by atoms with Gasteiger partial charge in [0.15, 0.2) is 0 Å². The summed E-state index contributed by atoms with van der Waals surface area (Å²) < 4.78 is 25.5. The molecule has 126 valence electrons. The van der Waals surface area contributed by atoms with Gasteiger partial charge >= 0.3 is 0 Å². The van der Waals surface area contributed by atoms with Crippen molar-refractivity contribution in [2.24, 2.45) is 0 Å². The minimum absolute atomic E-state index is 0.208. The number of rotatable bonds is 8. The summed E-state index contributed by atoms with van der Waals surface area (Å²) in [5.41, 5.74) is 1.88. The molecule has 0 fully saturated rings. The van der Waals surface area contributed by atoms with Crippen LogP contribution in [0.25, 0.3) is 11.0 Å². The molecule has 0 radical (unpaired) electrons. The van der Waals surface area contributed by atoms with Gasteiger partial charge in [0.05, 0.1) is 43.2 Å². The minimum Gasteiger partial charge on any atom is -0.491 e. The molecule has 1 aromatic heterocycles. The van der Waals surface area contributed by atoms with Gasteiger partial charge in [-0.2, -0.15) is 0 Å². The molecule has 24 heavy (non-hydrogen) atoms. The number of benzene rings is 2. The van der Waals surface area contributed by atoms with E-state index in [1.54, 1.807) is 18.5 Å². The highest BCUT2D eigenvalue weighted by molar-refractivity contribution is 5.74. The Morgan fingerprint density at radius 2 is 1.88 bits per heavy atom. The monoisotopic (exact) mass is 330 g/mol. The largest absolute Gasteiger partial charge is 0.491 e. The van der Waals surface area contributed by atoms with Crippen LogP contribution in [-0.4, -0.2) is 40.6 Å². The minimum atomic E-state index is -0.631. The van der Waals surface area contributed by atoms with Gasteiger partial charge in [-0.15, -0.1) is 0 Å². The maximum Gasteiger partial charge on any atom is 0.123 e. The van der Waals surface area contributed by atoms with E-state index in [1.807, 2.05) is 28.8 Å². The Labute approximate surface area is 139 Å². The van der Waals surface area contributed by atoms with Gasteiger partial charge in [-0.1, -0.05) is 12.1 Å². The molecule has 0 aliphatic carbocycles. The van der Waals surface area contributed by atoms with Crippen molar-refractivity contribution in [3.05, 3.63) is 60.7 Å². The summed E-state index contributed by atoms with van der Waals surface area (Å²) in [7, 11) is 0. The van der Waals surface area contributed by atoms with E-state index in [1.165, 1.54) is 12.1 Å². The van der Waals surface area contributed by atoms with E-state index in [-0.39, 0.29) is 12.4 Å². The number of imidazole rings is 1. The number of aliphatic hydroxyl groups is 1. The molecule has 0 saturated heterocycles. The maximum atomic E-state index is 12.8. The predicted octanol–water partition coefficient (Wildman–Crippen LogP) is 2.63. The molecule has 0 bridgehead atoms. The Kier molecular flexibility index (Phi) is 5.40. The summed E-state index contributed by atoms with van der Waals surface area (Å²) in [5.74, 6) is 0.291. The number of hydrogen-bond acceptors (Lipinski definition) is 4. The second-order valence-corrected chi connectivity index (χ2v) is 5.42. The fourth-order valence-corrected chi connectivity index (χ4v) is 2.40. The quantitative estimate of drug-likeness (QED) is 0.645. The third kappa shape index (κ3) is 4.31. The number of para-hydroxylation sites is 2. The number of halogens is 1. The molecule has 5 nitrogen and oxygen atoms in total. The molecule has 0 amide bonds. The molecule has 3 rings (SSSR count). The Bertz CT molecular complexity index is 773. The Morgan fingerprint density at radius 3 is 2.71 bits per heavy atom. The van der Waals surface area contributed by atoms with Gasteiger partial charge in [0.25, 0.3) is 0 Å². The van der Waals surface area contributed by atoms with Crippen LogP contribution in [0, 0.1) is 5.82 Å². The van der Waals surface area contributed by atoms with E-state index in [0.717, 1.165) is 11.0 Å². The number of hydrogen-bond donors (Lipinski definition) is 1. The summed E-state index contributed by atoms with van der Waals surface area (Å²) in [4.78, 5) is 4.29. The van der Waals surface area contributed by atoms with E-state index >= 15 is 0 Å². The maximum absolute atomic E-state index is 12.8. The van der Waals surface area contributed by atoms with E-state index in [9.17, 15) is 9.50 Å². The molecule has 1 atom stereocenters. The highest BCUT2D eigenvalue weighted by Gasteiger charge is 2.08. The molecule has 0 unspecified atom stereocenters. The molecule has 3 aromatic rings. The van der Waals surface area contributed by atoms with Crippen LogP contribution < -0.4 is 4.74 Å². The first-order valence-corrected chi connectivity index (χ1v) is 7.76. The molecule has 1 N–H and O–H groups in total. The average Bonchev–Trinajstić information content (AvgIpc) is 2.99. The molecule has 0 saturated carbocycles. The van der Waals surface area contributed by atoms with E-state index in [4.69, 9.17) is 9.47 Å². The van der Waals surface area contributed by atoms with E-state index in [2.05, 4.69) is 4.98 Å². The van der Waals surface area contributed by atoms with Gasteiger partial charge in [0, 0.05) is 0 Å². The lowest BCUT2D eigenvalue weighted by atomic mass is 10.3. The molecular weight excluding hydrogens is 311 g/mol. The third-order valence-electron chi connectivity index (χ3n) is 3.56. The van der Waals surface area contributed by atoms with Crippen LogP contribution in [0.3, 0.4) is 0 Å². The first kappa shape index (κ1) is 16.4. The van der Waals surface area contributed by atoms with E-state index in [0.29, 0.717) is 25.5 Å². The van der Waals surface area contributed by atoms with Crippen LogP contribution in [0.5, 0.6) is 5.75 Å². The first-order chi connectivity index (χ1) is 11.7. The smallest absolute Gasteiger partial charge is 0.123 e. The van der Waals surface area contributed by atoms with Gasteiger partial charge in [-0.3, -0.25) is 0 Å². The topological polar surface area (TPSA) is 56.5 Å². The second kappa shape index (κ2) is 7.90. The highest BCUT2D eigenvalue weighted by atomic mass is 19.1. The summed E-state index contributed by atoms with van der Waals surface area (Å²) in [6.07, 6.45) is 1.08. The number of nitrogens with zero attached hydrogens (tertiary/aromatic N) is 2. The predicted molar refractivity (Wildman–Crippen MR) is 88.5 cm³/mol. The third-order valence-corrected chi connectivity index (χ3v) is 3.56. The van der Waals surface area contributed by atoms with Crippen LogP contribution in [0.15, 0.2) is 54.9 Å². The number of aliphatic hydroxyl groups excluding tert-OH is 1. The second-order valence-electron chi connectivity index (χ2n) is 5.42. The normalized spacial score (nSPS) is 12.4. The zero-order valence-electron chi connectivity index (χ0n) is 13.1. The van der Waals surface area contributed by atoms with Crippen molar-refractivity contribution in [2.45, 2.75) is 12.6 Å². The van der Waals surface area contributed by atoms with Crippen LogP contribution in [-0.2, 0) is 11.3 Å². The standard InChI is InChI=1S/C18H19FN2O3/c19-14-5-7-16(8-6-14)24-10-9-23-12-15(22)11-21-13-20-17-3-1-2-4-18(17)21/h1-8,13,15,22H,9-12H2/t15-/m0/s1. The molecule has 1 heterocycles. The average molecular weight is 330 g/mol. The van der Waals surface area contributed by atoms with Gasteiger partial charge in [0.2, 0.25) is 0 Å². The van der Waals surface area contributed by atoms with Crippen molar-refractivity contribution in [2.75, 3.05) is 19.8 Å². The summed E-state index contributed by atoms with van der Waals surface area (Å²) in [6, 6.07) is 13.6. The Morgan fingerprint density at radius 1 is 1.08 bits per heavy atom. The van der Waals surface area contributed by atoms with E-state index < -0.39 is 6.10 Å². The summed E-state index contributed by atoms with van der Waals surface area (Å²) in [6.45, 7) is 1.31. The molecule has 0 spiro atoms. The van der Waals surface area contributed by atoms with Crippen molar-refractivity contribution in [1.29, 1.82) is 0 Å². The fourth-order valence-electron chi connectivity index (χ4n) is 2.40. The molecule has 0 aliphatic heterocycles. The first-order valence-electron chi connectivity index (χ1n) is 7.76.